The third kappa shape index (κ3) is 3.09. The number of amides is 1. The molecule has 0 spiro atoms. The molecule has 1 N–H and O–H groups in total. The van der Waals surface area contributed by atoms with Gasteiger partial charge in [0.1, 0.15) is 0 Å². The quantitative estimate of drug-likeness (QED) is 0.817. The normalized spacial score (nSPS) is 14.7. The number of nitrogens with one attached hydrogen (secondary N) is 1. The lowest BCUT2D eigenvalue weighted by atomic mass is 10.1. The molecule has 1 amide bonds. The summed E-state index contributed by atoms with van der Waals surface area (Å²) in [6.07, 6.45) is 3.32. The van der Waals surface area contributed by atoms with E-state index in [0.717, 1.165) is 5.56 Å². The number of rotatable bonds is 4. The van der Waals surface area contributed by atoms with Crippen molar-refractivity contribution >= 4 is 5.91 Å². The Morgan fingerprint density at radius 1 is 1.47 bits per heavy atom. The fraction of sp³-hybridized carbons (Fsp3) is 0.545. The van der Waals surface area contributed by atoms with Crippen LogP contribution in [0.2, 0.25) is 0 Å². The predicted octanol–water partition coefficient (Wildman–Crippen LogP) is 1.41. The van der Waals surface area contributed by atoms with E-state index in [9.17, 15) is 4.79 Å². The molecule has 0 radical (unpaired) electrons. The molecule has 4 heteroatoms. The second kappa shape index (κ2) is 4.98. The second-order valence-electron chi connectivity index (χ2n) is 3.90. The van der Waals surface area contributed by atoms with Crippen LogP contribution in [0.25, 0.3) is 0 Å². The molecule has 0 aliphatic rings. The van der Waals surface area contributed by atoms with Crippen LogP contribution in [-0.2, 0) is 4.79 Å². The molecule has 0 aliphatic heterocycles. The molecular weight excluding hydrogens is 192 g/mol. The molecule has 0 aromatic carbocycles. The van der Waals surface area contributed by atoms with E-state index in [2.05, 4.69) is 5.32 Å². The third-order valence-electron chi connectivity index (χ3n) is 2.35. The Kier molecular flexibility index (Phi) is 3.91. The zero-order valence-corrected chi connectivity index (χ0v) is 9.65. The summed E-state index contributed by atoms with van der Waals surface area (Å²) in [5.74, 6) is 0.0744. The van der Waals surface area contributed by atoms with Crippen molar-refractivity contribution in [3.8, 4) is 0 Å². The van der Waals surface area contributed by atoms with Crippen molar-refractivity contribution in [1.82, 2.24) is 10.2 Å². The number of hydrogen-bond donors (Lipinski definition) is 1. The van der Waals surface area contributed by atoms with Crippen molar-refractivity contribution in [3.05, 3.63) is 24.2 Å². The van der Waals surface area contributed by atoms with E-state index >= 15 is 0 Å². The van der Waals surface area contributed by atoms with Gasteiger partial charge in [-0.1, -0.05) is 0 Å². The highest BCUT2D eigenvalue weighted by Crippen LogP contribution is 2.13. The number of nitrogens with zero attached hydrogens (tertiary/aromatic N) is 1. The maximum atomic E-state index is 11.6. The van der Waals surface area contributed by atoms with Gasteiger partial charge in [-0.3, -0.25) is 10.1 Å². The zero-order chi connectivity index (χ0) is 11.4. The van der Waals surface area contributed by atoms with Crippen LogP contribution in [0.3, 0.4) is 0 Å². The van der Waals surface area contributed by atoms with Crippen molar-refractivity contribution in [2.24, 2.45) is 0 Å². The third-order valence-corrected chi connectivity index (χ3v) is 2.35. The molecule has 84 valence electrons. The van der Waals surface area contributed by atoms with E-state index in [1.165, 1.54) is 0 Å². The molecule has 0 fully saturated rings. The Morgan fingerprint density at radius 3 is 2.60 bits per heavy atom. The van der Waals surface area contributed by atoms with Crippen molar-refractivity contribution in [2.75, 3.05) is 14.1 Å². The first-order valence-corrected chi connectivity index (χ1v) is 5.01. The molecule has 4 nitrogen and oxygen atoms in total. The molecule has 2 atom stereocenters. The maximum absolute atomic E-state index is 11.6. The fourth-order valence-electron chi connectivity index (χ4n) is 1.45. The highest BCUT2D eigenvalue weighted by molar-refractivity contribution is 5.80. The van der Waals surface area contributed by atoms with Gasteiger partial charge in [-0.15, -0.1) is 0 Å². The summed E-state index contributed by atoms with van der Waals surface area (Å²) in [7, 11) is 3.51. The van der Waals surface area contributed by atoms with Crippen LogP contribution in [0.4, 0.5) is 0 Å². The van der Waals surface area contributed by atoms with Crippen LogP contribution in [0, 0.1) is 0 Å². The predicted molar refractivity (Wildman–Crippen MR) is 58.4 cm³/mol. The first-order valence-electron chi connectivity index (χ1n) is 5.01. The van der Waals surface area contributed by atoms with Gasteiger partial charge in [0.2, 0.25) is 5.91 Å². The van der Waals surface area contributed by atoms with E-state index in [4.69, 9.17) is 4.42 Å². The topological polar surface area (TPSA) is 45.5 Å². The number of carbonyl (C=O) groups excluding carboxylic acids is 1. The highest BCUT2D eigenvalue weighted by Gasteiger charge is 2.17. The molecule has 0 saturated heterocycles. The largest absolute Gasteiger partial charge is 0.472 e. The number of furan rings is 1. The lowest BCUT2D eigenvalue weighted by Gasteiger charge is -2.21. The standard InChI is InChI=1S/C11H18N2O2/c1-8(10-5-6-15-7-10)12-9(2)11(14)13(3)4/h5-9,12H,1-4H3/t8?,9-/m1/s1. The van der Waals surface area contributed by atoms with Crippen LogP contribution in [0.5, 0.6) is 0 Å². The Bertz CT molecular complexity index is 306. The van der Waals surface area contributed by atoms with E-state index < -0.39 is 0 Å². The van der Waals surface area contributed by atoms with E-state index in [1.54, 1.807) is 31.5 Å². The summed E-state index contributed by atoms with van der Waals surface area (Å²) in [6.45, 7) is 3.86. The summed E-state index contributed by atoms with van der Waals surface area (Å²) in [5.41, 5.74) is 1.05. The summed E-state index contributed by atoms with van der Waals surface area (Å²) < 4.78 is 4.99. The zero-order valence-electron chi connectivity index (χ0n) is 9.65. The van der Waals surface area contributed by atoms with Gasteiger partial charge in [-0.05, 0) is 19.9 Å². The summed E-state index contributed by atoms with van der Waals surface area (Å²) in [5, 5.41) is 3.21. The average Bonchev–Trinajstić information content (AvgIpc) is 2.68. The van der Waals surface area contributed by atoms with Gasteiger partial charge in [-0.2, -0.15) is 0 Å². The van der Waals surface area contributed by atoms with Crippen LogP contribution >= 0.6 is 0 Å². The molecular formula is C11H18N2O2. The molecule has 1 aromatic rings. The van der Waals surface area contributed by atoms with Gasteiger partial charge in [0.25, 0.3) is 0 Å². The number of carbonyl (C=O) groups is 1. The minimum atomic E-state index is -0.190. The van der Waals surface area contributed by atoms with E-state index in [0.29, 0.717) is 0 Å². The molecule has 0 saturated carbocycles. The van der Waals surface area contributed by atoms with Crippen molar-refractivity contribution in [2.45, 2.75) is 25.9 Å². The van der Waals surface area contributed by atoms with Crippen LogP contribution < -0.4 is 5.32 Å². The number of hydrogen-bond acceptors (Lipinski definition) is 3. The summed E-state index contributed by atoms with van der Waals surface area (Å²) in [6, 6.07) is 1.82. The SMILES string of the molecule is CC(N[C@H](C)C(=O)N(C)C)c1ccoc1. The smallest absolute Gasteiger partial charge is 0.238 e. The molecule has 1 heterocycles. The van der Waals surface area contributed by atoms with Crippen molar-refractivity contribution < 1.29 is 9.21 Å². The van der Waals surface area contributed by atoms with Gasteiger partial charge < -0.3 is 9.32 Å². The van der Waals surface area contributed by atoms with E-state index in [-0.39, 0.29) is 18.0 Å². The van der Waals surface area contributed by atoms with Gasteiger partial charge >= 0.3 is 0 Å². The molecule has 1 aromatic heterocycles. The Hall–Kier alpha value is -1.29. The average molecular weight is 210 g/mol. The second-order valence-corrected chi connectivity index (χ2v) is 3.90. The van der Waals surface area contributed by atoms with Gasteiger partial charge in [0, 0.05) is 25.7 Å². The van der Waals surface area contributed by atoms with Gasteiger partial charge in [0.15, 0.2) is 0 Å². The highest BCUT2D eigenvalue weighted by atomic mass is 16.3. The fourth-order valence-corrected chi connectivity index (χ4v) is 1.45. The molecule has 0 bridgehead atoms. The minimum absolute atomic E-state index is 0.0744. The molecule has 1 rings (SSSR count). The summed E-state index contributed by atoms with van der Waals surface area (Å²) in [4.78, 5) is 13.2. The van der Waals surface area contributed by atoms with E-state index in [1.807, 2.05) is 19.9 Å². The first-order chi connectivity index (χ1) is 7.02. The monoisotopic (exact) mass is 210 g/mol. The van der Waals surface area contributed by atoms with Crippen LogP contribution in [-0.4, -0.2) is 30.9 Å². The molecule has 1 unspecified atom stereocenters. The van der Waals surface area contributed by atoms with Gasteiger partial charge in [0.05, 0.1) is 18.6 Å². The molecule has 15 heavy (non-hydrogen) atoms. The Labute approximate surface area is 90.3 Å². The number of likely N-dealkylation sites (N-methyl/N-ethyl adjacent to an activating group) is 1. The lowest BCUT2D eigenvalue weighted by molar-refractivity contribution is -0.130. The van der Waals surface area contributed by atoms with Crippen molar-refractivity contribution in [1.29, 1.82) is 0 Å². The Morgan fingerprint density at radius 2 is 2.13 bits per heavy atom. The lowest BCUT2D eigenvalue weighted by Crippen LogP contribution is -2.42. The maximum Gasteiger partial charge on any atom is 0.238 e. The first kappa shape index (κ1) is 11.8. The van der Waals surface area contributed by atoms with Gasteiger partial charge in [-0.25, -0.2) is 0 Å². The van der Waals surface area contributed by atoms with Crippen LogP contribution in [0.1, 0.15) is 25.5 Å². The van der Waals surface area contributed by atoms with Crippen LogP contribution in [0.15, 0.2) is 23.0 Å². The Balaban J connectivity index is 2.52. The summed E-state index contributed by atoms with van der Waals surface area (Å²) >= 11 is 0. The minimum Gasteiger partial charge on any atom is -0.472 e. The van der Waals surface area contributed by atoms with Crippen molar-refractivity contribution in [3.63, 3.8) is 0 Å². The molecule has 0 aliphatic carbocycles.